The van der Waals surface area contributed by atoms with E-state index in [0.29, 0.717) is 43.9 Å². The first-order valence-corrected chi connectivity index (χ1v) is 13.3. The Morgan fingerprint density at radius 3 is 2.69 bits per heavy atom. The molecule has 0 spiro atoms. The van der Waals surface area contributed by atoms with Crippen molar-refractivity contribution in [2.45, 2.75) is 13.5 Å². The fourth-order valence-electron chi connectivity index (χ4n) is 3.45. The van der Waals surface area contributed by atoms with Gasteiger partial charge in [-0.1, -0.05) is 41.4 Å². The molecule has 2 aromatic carbocycles. The van der Waals surface area contributed by atoms with E-state index in [4.69, 9.17) is 38.1 Å². The van der Waals surface area contributed by atoms with Gasteiger partial charge in [-0.2, -0.15) is 15.1 Å². The monoisotopic (exact) mass is 556 g/mol. The van der Waals surface area contributed by atoms with Gasteiger partial charge in [0.05, 0.1) is 27.1 Å². The van der Waals surface area contributed by atoms with E-state index in [1.807, 2.05) is 30.5 Å². The van der Waals surface area contributed by atoms with Crippen LogP contribution in [0.4, 0.5) is 0 Å². The van der Waals surface area contributed by atoms with Crippen LogP contribution in [0.15, 0.2) is 69.6 Å². The number of fused-ring (bicyclic) bond motifs is 1. The highest BCUT2D eigenvalue weighted by molar-refractivity contribution is 8.27. The predicted octanol–water partition coefficient (Wildman–Crippen LogP) is 6.70. The number of rotatable bonds is 7. The number of aliphatic imine (C=N–C) groups is 1. The topological polar surface area (TPSA) is 87.3 Å². The number of amides is 1. The van der Waals surface area contributed by atoms with Crippen LogP contribution in [0, 0.1) is 5.41 Å². The third-order valence-corrected chi connectivity index (χ3v) is 7.83. The molecule has 2 aliphatic rings. The average molecular weight is 557 g/mol. The molecule has 182 valence electrons. The number of halogens is 2. The highest BCUT2D eigenvalue weighted by Gasteiger charge is 2.36. The Morgan fingerprint density at radius 2 is 1.94 bits per heavy atom. The van der Waals surface area contributed by atoms with Crippen LogP contribution in [-0.4, -0.2) is 33.6 Å². The van der Waals surface area contributed by atoms with Crippen LogP contribution in [0.5, 0.6) is 11.5 Å². The smallest absolute Gasteiger partial charge is 0.283 e. The second kappa shape index (κ2) is 10.5. The molecule has 0 bridgehead atoms. The van der Waals surface area contributed by atoms with Crippen molar-refractivity contribution in [3.8, 4) is 11.5 Å². The molecule has 11 heteroatoms. The molecule has 3 heterocycles. The molecule has 0 saturated heterocycles. The summed E-state index contributed by atoms with van der Waals surface area (Å²) in [7, 11) is 0. The number of nitrogens with zero attached hydrogens (tertiary/aromatic N) is 3. The predicted molar refractivity (Wildman–Crippen MR) is 147 cm³/mol. The molecule has 5 rings (SSSR count). The van der Waals surface area contributed by atoms with Crippen LogP contribution >= 0.6 is 46.3 Å². The Bertz CT molecular complexity index is 1450. The molecule has 0 saturated carbocycles. The molecular formula is C25H18Cl2N4O3S2. The van der Waals surface area contributed by atoms with Gasteiger partial charge < -0.3 is 9.47 Å². The fourth-order valence-corrected chi connectivity index (χ4v) is 5.45. The summed E-state index contributed by atoms with van der Waals surface area (Å²) in [6.45, 7) is 2.57. The lowest BCUT2D eigenvalue weighted by Crippen LogP contribution is -2.35. The Hall–Kier alpha value is -3.11. The number of ether oxygens (including phenoxy) is 2. The van der Waals surface area contributed by atoms with Gasteiger partial charge in [0, 0.05) is 0 Å². The van der Waals surface area contributed by atoms with Crippen molar-refractivity contribution in [3.05, 3.63) is 85.5 Å². The van der Waals surface area contributed by atoms with E-state index in [-0.39, 0.29) is 18.0 Å². The number of hydrogen-bond donors (Lipinski definition) is 1. The molecular weight excluding hydrogens is 539 g/mol. The first-order valence-electron chi connectivity index (χ1n) is 10.8. The Morgan fingerprint density at radius 1 is 1.08 bits per heavy atom. The molecule has 36 heavy (non-hydrogen) atoms. The molecule has 0 radical (unpaired) electrons. The normalized spacial score (nSPS) is 16.2. The SMILES string of the molecule is CCOc1cc(/C=C2/C(=N)N3N=C(c4cccs4)SC3=NC2=O)ccc1OCc1ccc(Cl)c(Cl)c1. The number of thiophene rings is 1. The minimum atomic E-state index is -0.487. The van der Waals surface area contributed by atoms with Crippen LogP contribution in [0.3, 0.4) is 0 Å². The van der Waals surface area contributed by atoms with Crippen LogP contribution in [0.2, 0.25) is 10.0 Å². The van der Waals surface area contributed by atoms with Gasteiger partial charge >= 0.3 is 0 Å². The van der Waals surface area contributed by atoms with Gasteiger partial charge in [-0.05, 0) is 71.6 Å². The van der Waals surface area contributed by atoms with Gasteiger partial charge in [-0.3, -0.25) is 10.2 Å². The Labute approximate surface area is 225 Å². The number of hydrazone groups is 1. The van der Waals surface area contributed by atoms with Crippen LogP contribution in [0.1, 0.15) is 22.9 Å². The van der Waals surface area contributed by atoms with Gasteiger partial charge in [0.1, 0.15) is 11.7 Å². The van der Waals surface area contributed by atoms with Crippen molar-refractivity contribution >= 4 is 74.3 Å². The molecule has 1 N–H and O–H groups in total. The number of nitrogens with one attached hydrogen (secondary N) is 1. The standard InChI is InChI=1S/C25H18Cl2N4O3S2/c1-2-33-20-12-14(6-8-19(20)34-13-15-5-7-17(26)18(27)11-15)10-16-22(28)31-25(29-23(16)32)36-24(30-31)21-4-3-9-35-21/h3-12,28H,2,13H2,1H3/b16-10-,28-22?. The zero-order valence-electron chi connectivity index (χ0n) is 18.8. The lowest BCUT2D eigenvalue weighted by molar-refractivity contribution is -0.114. The average Bonchev–Trinajstić information content (AvgIpc) is 3.54. The van der Waals surface area contributed by atoms with E-state index in [0.717, 1.165) is 10.4 Å². The largest absolute Gasteiger partial charge is 0.490 e. The molecule has 0 fully saturated rings. The maximum absolute atomic E-state index is 12.8. The van der Waals surface area contributed by atoms with Crippen molar-refractivity contribution in [1.29, 1.82) is 5.41 Å². The van der Waals surface area contributed by atoms with E-state index < -0.39 is 5.91 Å². The van der Waals surface area contributed by atoms with Gasteiger partial charge in [-0.15, -0.1) is 11.3 Å². The number of hydrogen-bond acceptors (Lipinski definition) is 7. The molecule has 3 aromatic rings. The second-order valence-electron chi connectivity index (χ2n) is 7.58. The summed E-state index contributed by atoms with van der Waals surface area (Å²) in [5.41, 5.74) is 1.67. The van der Waals surface area contributed by atoms with E-state index >= 15 is 0 Å². The van der Waals surface area contributed by atoms with Crippen LogP contribution < -0.4 is 9.47 Å². The summed E-state index contributed by atoms with van der Waals surface area (Å²) >= 11 is 14.9. The van der Waals surface area contributed by atoms with Crippen molar-refractivity contribution in [2.24, 2.45) is 10.1 Å². The number of amidine groups is 2. The molecule has 2 aliphatic heterocycles. The zero-order chi connectivity index (χ0) is 25.2. The highest BCUT2D eigenvalue weighted by Crippen LogP contribution is 2.34. The summed E-state index contributed by atoms with van der Waals surface area (Å²) in [5, 5.41) is 18.5. The summed E-state index contributed by atoms with van der Waals surface area (Å²) in [4.78, 5) is 17.9. The quantitative estimate of drug-likeness (QED) is 0.327. The molecule has 0 aliphatic carbocycles. The molecule has 0 unspecified atom stereocenters. The van der Waals surface area contributed by atoms with E-state index in [1.54, 1.807) is 47.7 Å². The minimum Gasteiger partial charge on any atom is -0.490 e. The number of carbonyl (C=O) groups is 1. The third kappa shape index (κ3) is 5.05. The maximum atomic E-state index is 12.8. The number of carbonyl (C=O) groups excluding carboxylic acids is 1. The highest BCUT2D eigenvalue weighted by atomic mass is 35.5. The van der Waals surface area contributed by atoms with Crippen molar-refractivity contribution in [3.63, 3.8) is 0 Å². The number of thioether (sulfide) groups is 1. The van der Waals surface area contributed by atoms with E-state index in [2.05, 4.69) is 10.1 Å². The van der Waals surface area contributed by atoms with Gasteiger partial charge in [0.15, 0.2) is 17.3 Å². The van der Waals surface area contributed by atoms with Crippen molar-refractivity contribution in [2.75, 3.05) is 6.61 Å². The van der Waals surface area contributed by atoms with Crippen molar-refractivity contribution < 1.29 is 14.3 Å². The first kappa shape index (κ1) is 24.6. The van der Waals surface area contributed by atoms with Gasteiger partial charge in [0.25, 0.3) is 5.91 Å². The summed E-state index contributed by atoms with van der Waals surface area (Å²) in [6.07, 6.45) is 1.61. The summed E-state index contributed by atoms with van der Waals surface area (Å²) < 4.78 is 11.7. The maximum Gasteiger partial charge on any atom is 0.283 e. The second-order valence-corrected chi connectivity index (χ2v) is 10.3. The van der Waals surface area contributed by atoms with E-state index in [1.165, 1.54) is 16.8 Å². The Kier molecular flexibility index (Phi) is 7.15. The minimum absolute atomic E-state index is 0.0260. The lowest BCUT2D eigenvalue weighted by atomic mass is 10.1. The third-order valence-electron chi connectivity index (χ3n) is 5.14. The van der Waals surface area contributed by atoms with Crippen LogP contribution in [0.25, 0.3) is 6.08 Å². The van der Waals surface area contributed by atoms with Crippen molar-refractivity contribution in [1.82, 2.24) is 5.01 Å². The molecule has 1 amide bonds. The summed E-state index contributed by atoms with van der Waals surface area (Å²) in [6, 6.07) is 14.5. The van der Waals surface area contributed by atoms with Gasteiger partial charge in [-0.25, -0.2) is 0 Å². The zero-order valence-corrected chi connectivity index (χ0v) is 22.0. The number of benzene rings is 2. The fraction of sp³-hybridized carbons (Fsp3) is 0.120. The van der Waals surface area contributed by atoms with Crippen LogP contribution in [-0.2, 0) is 11.4 Å². The Balaban J connectivity index is 1.38. The summed E-state index contributed by atoms with van der Waals surface area (Å²) in [5.74, 6) is 0.540. The molecule has 0 atom stereocenters. The molecule has 1 aromatic heterocycles. The van der Waals surface area contributed by atoms with E-state index in [9.17, 15) is 4.79 Å². The van der Waals surface area contributed by atoms with Gasteiger partial charge in [0.2, 0.25) is 5.17 Å². The lowest BCUT2D eigenvalue weighted by Gasteiger charge is -2.20. The molecule has 7 nitrogen and oxygen atoms in total. The first-order chi connectivity index (χ1) is 17.4.